The van der Waals surface area contributed by atoms with Crippen LogP contribution in [0.15, 0.2) is 42.2 Å². The molecule has 2 fully saturated rings. The van der Waals surface area contributed by atoms with Gasteiger partial charge in [0.05, 0.1) is 23.6 Å². The number of rotatable bonds is 11. The summed E-state index contributed by atoms with van der Waals surface area (Å²) in [4.78, 5) is 62.2. The highest BCUT2D eigenvalue weighted by atomic mass is 32.1. The number of carbonyl (C=O) groups is 4. The predicted molar refractivity (Wildman–Crippen MR) is 177 cm³/mol. The Labute approximate surface area is 278 Å². The molecule has 47 heavy (non-hydrogen) atoms. The van der Waals surface area contributed by atoms with E-state index in [1.54, 1.807) is 40.3 Å². The first-order chi connectivity index (χ1) is 22.7. The van der Waals surface area contributed by atoms with Crippen molar-refractivity contribution in [2.24, 2.45) is 11.8 Å². The molecule has 252 valence electrons. The standard InChI is InChI=1S/C33H43FN8O4S/c1-4-42-27(12-13-36-42)38-32(45)28(22-8-6-5-7-9-22)31(44)37-25-11-10-23(18-24(25)34)21(2)29(39-30(43)26-19-35-20-47-26)33(46)41-16-14-40(3)15-17-41/h10-13,18-22,28-29H,4-9,14-17H2,1-3H3,(H,37,44)(H,38,45)(H,39,43)/t21-,28-,29+/m0/s1. The lowest BCUT2D eigenvalue weighted by atomic mass is 9.79. The fourth-order valence-electron chi connectivity index (χ4n) is 6.39. The number of aryl methyl sites for hydroxylation is 1. The predicted octanol–water partition coefficient (Wildman–Crippen LogP) is 3.95. The van der Waals surface area contributed by atoms with Gasteiger partial charge < -0.3 is 25.8 Å². The van der Waals surface area contributed by atoms with Crippen molar-refractivity contribution < 1.29 is 23.6 Å². The monoisotopic (exact) mass is 666 g/mol. The number of nitrogens with zero attached hydrogens (tertiary/aromatic N) is 5. The van der Waals surface area contributed by atoms with Crippen LogP contribution in [0.1, 0.15) is 67.1 Å². The number of thiazole rings is 1. The van der Waals surface area contributed by atoms with Crippen LogP contribution in [-0.4, -0.2) is 87.5 Å². The van der Waals surface area contributed by atoms with Crippen LogP contribution in [0.4, 0.5) is 15.9 Å². The van der Waals surface area contributed by atoms with Crippen molar-refractivity contribution in [3.8, 4) is 0 Å². The molecule has 4 amide bonds. The van der Waals surface area contributed by atoms with Crippen LogP contribution in [0.5, 0.6) is 0 Å². The van der Waals surface area contributed by atoms with Crippen molar-refractivity contribution in [2.75, 3.05) is 43.9 Å². The van der Waals surface area contributed by atoms with Gasteiger partial charge in [-0.05, 0) is 50.4 Å². The van der Waals surface area contributed by atoms with Crippen molar-refractivity contribution in [3.05, 3.63) is 58.4 Å². The molecule has 3 N–H and O–H groups in total. The van der Waals surface area contributed by atoms with E-state index in [0.29, 0.717) is 49.0 Å². The van der Waals surface area contributed by atoms with E-state index in [1.165, 1.54) is 29.7 Å². The highest BCUT2D eigenvalue weighted by Crippen LogP contribution is 2.33. The summed E-state index contributed by atoms with van der Waals surface area (Å²) in [5, 5.41) is 12.6. The Balaban J connectivity index is 1.34. The Morgan fingerprint density at radius 2 is 1.74 bits per heavy atom. The normalized spacial score (nSPS) is 17.8. The minimum atomic E-state index is -1.01. The Morgan fingerprint density at radius 1 is 1.02 bits per heavy atom. The number of hydrogen-bond acceptors (Lipinski definition) is 8. The van der Waals surface area contributed by atoms with Gasteiger partial charge in [0.1, 0.15) is 28.5 Å². The van der Waals surface area contributed by atoms with E-state index in [4.69, 9.17) is 0 Å². The van der Waals surface area contributed by atoms with E-state index in [1.807, 2.05) is 14.0 Å². The van der Waals surface area contributed by atoms with E-state index >= 15 is 4.39 Å². The van der Waals surface area contributed by atoms with Gasteiger partial charge in [-0.1, -0.05) is 32.3 Å². The van der Waals surface area contributed by atoms with Crippen molar-refractivity contribution >= 4 is 46.5 Å². The summed E-state index contributed by atoms with van der Waals surface area (Å²) >= 11 is 1.17. The molecule has 0 bridgehead atoms. The lowest BCUT2D eigenvalue weighted by molar-refractivity contribution is -0.135. The number of nitrogens with one attached hydrogen (secondary N) is 3. The quantitative estimate of drug-likeness (QED) is 0.263. The van der Waals surface area contributed by atoms with Gasteiger partial charge in [0.2, 0.25) is 17.7 Å². The maximum absolute atomic E-state index is 15.7. The third-order valence-corrected chi connectivity index (χ3v) is 10.0. The number of aromatic nitrogens is 3. The number of benzene rings is 1. The second-order valence-corrected chi connectivity index (χ2v) is 13.2. The van der Waals surface area contributed by atoms with Gasteiger partial charge in [0.25, 0.3) is 5.91 Å². The van der Waals surface area contributed by atoms with Gasteiger partial charge >= 0.3 is 0 Å². The average molecular weight is 667 g/mol. The number of anilines is 2. The zero-order chi connectivity index (χ0) is 33.5. The van der Waals surface area contributed by atoms with Crippen LogP contribution in [0.2, 0.25) is 0 Å². The summed E-state index contributed by atoms with van der Waals surface area (Å²) in [7, 11) is 1.99. The number of halogens is 1. The summed E-state index contributed by atoms with van der Waals surface area (Å²) in [6.45, 7) is 6.68. The number of likely N-dealkylation sites (N-methyl/N-ethyl adjacent to an activating group) is 1. The fraction of sp³-hybridized carbons (Fsp3) is 0.515. The molecule has 2 aliphatic rings. The van der Waals surface area contributed by atoms with Crippen LogP contribution in [0.25, 0.3) is 0 Å². The fourth-order valence-corrected chi connectivity index (χ4v) is 6.92. The first-order valence-corrected chi connectivity index (χ1v) is 17.1. The number of carbonyl (C=O) groups excluding carboxylic acids is 4. The highest BCUT2D eigenvalue weighted by Gasteiger charge is 2.37. The molecule has 1 aliphatic carbocycles. The van der Waals surface area contributed by atoms with E-state index in [2.05, 4.69) is 30.9 Å². The van der Waals surface area contributed by atoms with Gasteiger partial charge in [-0.3, -0.25) is 24.2 Å². The van der Waals surface area contributed by atoms with Gasteiger partial charge in [-0.25, -0.2) is 9.07 Å². The van der Waals surface area contributed by atoms with Crippen LogP contribution in [0.3, 0.4) is 0 Å². The first kappa shape index (κ1) is 34.2. The largest absolute Gasteiger partial charge is 0.339 e. The number of hydrogen-bond donors (Lipinski definition) is 3. The first-order valence-electron chi connectivity index (χ1n) is 16.3. The molecule has 12 nitrogen and oxygen atoms in total. The minimum absolute atomic E-state index is 0.0613. The molecule has 1 aromatic carbocycles. The summed E-state index contributed by atoms with van der Waals surface area (Å²) in [5.74, 6) is -3.67. The molecule has 1 saturated carbocycles. The Kier molecular flexibility index (Phi) is 11.4. The lowest BCUT2D eigenvalue weighted by Gasteiger charge is -2.36. The maximum Gasteiger partial charge on any atom is 0.263 e. The van der Waals surface area contributed by atoms with Crippen LogP contribution >= 0.6 is 11.3 Å². The van der Waals surface area contributed by atoms with E-state index in [9.17, 15) is 19.2 Å². The van der Waals surface area contributed by atoms with Crippen LogP contribution in [-0.2, 0) is 20.9 Å². The summed E-state index contributed by atoms with van der Waals surface area (Å²) < 4.78 is 17.3. The average Bonchev–Trinajstić information content (AvgIpc) is 3.78. The SMILES string of the molecule is CCn1nccc1NC(=O)[C@H](C(=O)Nc1ccc([C@H](C)[C@@H](NC(=O)c2cncs2)C(=O)N2CCN(C)CC2)cc1F)C1CCCCC1. The van der Waals surface area contributed by atoms with Crippen molar-refractivity contribution in [2.45, 2.75) is 64.5 Å². The Bertz CT molecular complexity index is 1550. The molecular weight excluding hydrogens is 623 g/mol. The molecule has 0 radical (unpaired) electrons. The molecule has 0 spiro atoms. The van der Waals surface area contributed by atoms with E-state index < -0.39 is 41.4 Å². The van der Waals surface area contributed by atoms with Crippen molar-refractivity contribution in [3.63, 3.8) is 0 Å². The van der Waals surface area contributed by atoms with E-state index in [-0.39, 0.29) is 17.5 Å². The molecular formula is C33H43FN8O4S. The van der Waals surface area contributed by atoms with Crippen LogP contribution in [0, 0.1) is 17.7 Å². The van der Waals surface area contributed by atoms with Crippen molar-refractivity contribution in [1.29, 1.82) is 0 Å². The van der Waals surface area contributed by atoms with E-state index in [0.717, 1.165) is 32.1 Å². The van der Waals surface area contributed by atoms with Crippen LogP contribution < -0.4 is 16.0 Å². The molecule has 3 atom stereocenters. The molecule has 1 saturated heterocycles. The molecule has 3 aromatic rings. The highest BCUT2D eigenvalue weighted by molar-refractivity contribution is 7.11. The summed E-state index contributed by atoms with van der Waals surface area (Å²) in [5.41, 5.74) is 1.96. The summed E-state index contributed by atoms with van der Waals surface area (Å²) in [6, 6.07) is 5.09. The molecule has 3 heterocycles. The molecule has 5 rings (SSSR count). The third-order valence-electron chi connectivity index (χ3n) is 9.25. The molecule has 0 unspecified atom stereocenters. The van der Waals surface area contributed by atoms with Gasteiger partial charge in [0.15, 0.2) is 0 Å². The number of amides is 4. The zero-order valence-corrected chi connectivity index (χ0v) is 27.9. The Morgan fingerprint density at radius 3 is 2.40 bits per heavy atom. The van der Waals surface area contributed by atoms with Crippen molar-refractivity contribution in [1.82, 2.24) is 29.9 Å². The topological polar surface area (TPSA) is 142 Å². The lowest BCUT2D eigenvalue weighted by Crippen LogP contribution is -2.55. The van der Waals surface area contributed by atoms with Gasteiger partial charge in [-0.15, -0.1) is 11.3 Å². The molecule has 2 aromatic heterocycles. The molecule has 1 aliphatic heterocycles. The second kappa shape index (κ2) is 15.6. The zero-order valence-electron chi connectivity index (χ0n) is 27.1. The second-order valence-electron chi connectivity index (χ2n) is 12.4. The maximum atomic E-state index is 15.7. The van der Waals surface area contributed by atoms with Gasteiger partial charge in [-0.2, -0.15) is 5.10 Å². The third kappa shape index (κ3) is 8.22. The number of piperazine rings is 1. The smallest absolute Gasteiger partial charge is 0.263 e. The minimum Gasteiger partial charge on any atom is -0.339 e. The summed E-state index contributed by atoms with van der Waals surface area (Å²) in [6.07, 6.45) is 7.37. The Hall–Kier alpha value is -4.17. The van der Waals surface area contributed by atoms with Gasteiger partial charge in [0, 0.05) is 44.7 Å². The molecule has 14 heteroatoms.